The first kappa shape index (κ1) is 14.6. The summed E-state index contributed by atoms with van der Waals surface area (Å²) in [6, 6.07) is 7.08. The number of hydrogen-bond acceptors (Lipinski definition) is 5. The van der Waals surface area contributed by atoms with Crippen LogP contribution in [0.5, 0.6) is 0 Å². The summed E-state index contributed by atoms with van der Waals surface area (Å²) >= 11 is 5.97. The maximum atomic E-state index is 12.3. The molecule has 2 heterocycles. The van der Waals surface area contributed by atoms with Gasteiger partial charge in [0, 0.05) is 18.1 Å². The molecule has 6 nitrogen and oxygen atoms in total. The van der Waals surface area contributed by atoms with Gasteiger partial charge >= 0.3 is 5.97 Å². The van der Waals surface area contributed by atoms with E-state index in [-0.39, 0.29) is 0 Å². The summed E-state index contributed by atoms with van der Waals surface area (Å²) < 4.78 is 7.02. The van der Waals surface area contributed by atoms with Crippen LogP contribution in [0.1, 0.15) is 17.3 Å². The SMILES string of the molecule is CCOC(=O)c1c2n(cnc1=Nc1cccc(Cl)c1)CCN2. The van der Waals surface area contributed by atoms with Crippen LogP contribution in [-0.4, -0.2) is 28.7 Å². The largest absolute Gasteiger partial charge is 0.462 e. The van der Waals surface area contributed by atoms with Gasteiger partial charge in [0.1, 0.15) is 11.4 Å². The lowest BCUT2D eigenvalue weighted by molar-refractivity contribution is 0.0524. The maximum Gasteiger partial charge on any atom is 0.345 e. The van der Waals surface area contributed by atoms with Gasteiger partial charge in [-0.2, -0.15) is 0 Å². The first-order chi connectivity index (χ1) is 10.7. The van der Waals surface area contributed by atoms with E-state index in [1.54, 1.807) is 37.5 Å². The molecule has 0 fully saturated rings. The molecule has 0 saturated heterocycles. The number of ether oxygens (including phenoxy) is 1. The van der Waals surface area contributed by atoms with Crippen molar-refractivity contribution in [3.63, 3.8) is 0 Å². The monoisotopic (exact) mass is 318 g/mol. The molecule has 22 heavy (non-hydrogen) atoms. The predicted octanol–water partition coefficient (Wildman–Crippen LogP) is 2.37. The zero-order valence-corrected chi connectivity index (χ0v) is 12.8. The highest BCUT2D eigenvalue weighted by molar-refractivity contribution is 6.30. The molecule has 0 unspecified atom stereocenters. The molecular formula is C15H15ClN4O2. The Bertz CT molecular complexity index is 785. The molecular weight excluding hydrogens is 304 g/mol. The van der Waals surface area contributed by atoms with E-state index < -0.39 is 5.97 Å². The Labute approximate surface area is 132 Å². The van der Waals surface area contributed by atoms with E-state index in [2.05, 4.69) is 15.3 Å². The Morgan fingerprint density at radius 3 is 3.18 bits per heavy atom. The third kappa shape index (κ3) is 2.82. The first-order valence-electron chi connectivity index (χ1n) is 6.99. The zero-order valence-electron chi connectivity index (χ0n) is 12.0. The average Bonchev–Trinajstić information content (AvgIpc) is 2.95. The van der Waals surface area contributed by atoms with Gasteiger partial charge in [0.05, 0.1) is 18.6 Å². The number of fused-ring (bicyclic) bond motifs is 1. The van der Waals surface area contributed by atoms with Crippen LogP contribution in [0.2, 0.25) is 5.02 Å². The summed E-state index contributed by atoms with van der Waals surface area (Å²) in [4.78, 5) is 21.0. The van der Waals surface area contributed by atoms with Gasteiger partial charge in [0.25, 0.3) is 0 Å². The minimum absolute atomic E-state index is 0.295. The molecule has 0 radical (unpaired) electrons. The fourth-order valence-electron chi connectivity index (χ4n) is 2.29. The standard InChI is InChI=1S/C15H15ClN4O2/c1-2-22-15(21)12-13(18-9-20-7-6-17-14(12)20)19-11-5-3-4-10(16)8-11/h3-5,8-9,17H,2,6-7H2,1H3. The number of nitrogens with one attached hydrogen (secondary N) is 1. The van der Waals surface area contributed by atoms with Crippen molar-refractivity contribution < 1.29 is 9.53 Å². The van der Waals surface area contributed by atoms with Gasteiger partial charge in [-0.25, -0.2) is 14.8 Å². The van der Waals surface area contributed by atoms with E-state index in [9.17, 15) is 4.79 Å². The first-order valence-corrected chi connectivity index (χ1v) is 7.37. The second-order valence-electron chi connectivity index (χ2n) is 4.72. The summed E-state index contributed by atoms with van der Waals surface area (Å²) in [5, 5.41) is 3.76. The van der Waals surface area contributed by atoms with Gasteiger partial charge in [-0.05, 0) is 25.1 Å². The van der Waals surface area contributed by atoms with Crippen LogP contribution in [-0.2, 0) is 11.3 Å². The van der Waals surface area contributed by atoms with E-state index in [0.717, 1.165) is 13.1 Å². The second-order valence-corrected chi connectivity index (χ2v) is 5.16. The van der Waals surface area contributed by atoms with Crippen LogP contribution in [0.15, 0.2) is 35.6 Å². The van der Waals surface area contributed by atoms with Crippen LogP contribution < -0.4 is 10.8 Å². The Morgan fingerprint density at radius 2 is 2.41 bits per heavy atom. The Hall–Kier alpha value is -2.34. The van der Waals surface area contributed by atoms with E-state index >= 15 is 0 Å². The van der Waals surface area contributed by atoms with Crippen molar-refractivity contribution in [3.8, 4) is 0 Å². The molecule has 2 aromatic rings. The molecule has 1 N–H and O–H groups in total. The number of carbonyl (C=O) groups excluding carboxylic acids is 1. The molecule has 1 aliphatic heterocycles. The second kappa shape index (κ2) is 6.19. The molecule has 7 heteroatoms. The lowest BCUT2D eigenvalue weighted by atomic mass is 10.3. The number of nitrogens with zero attached hydrogens (tertiary/aromatic N) is 3. The molecule has 0 bridgehead atoms. The third-order valence-corrected chi connectivity index (χ3v) is 3.47. The highest BCUT2D eigenvalue weighted by Gasteiger charge is 2.22. The molecule has 1 aromatic carbocycles. The summed E-state index contributed by atoms with van der Waals surface area (Å²) in [5.41, 5.74) is 1.30. The van der Waals surface area contributed by atoms with Gasteiger partial charge in [-0.3, -0.25) is 0 Å². The molecule has 0 aliphatic carbocycles. The number of rotatable bonds is 3. The molecule has 0 saturated carbocycles. The predicted molar refractivity (Wildman–Crippen MR) is 83.3 cm³/mol. The Kier molecular flexibility index (Phi) is 4.11. The summed E-state index contributed by atoms with van der Waals surface area (Å²) in [6.45, 7) is 3.56. The number of hydrogen-bond donors (Lipinski definition) is 1. The number of benzene rings is 1. The van der Waals surface area contributed by atoms with Crippen LogP contribution in [0.3, 0.4) is 0 Å². The van der Waals surface area contributed by atoms with Gasteiger partial charge in [0.2, 0.25) is 0 Å². The number of aromatic nitrogens is 2. The Morgan fingerprint density at radius 1 is 1.55 bits per heavy atom. The van der Waals surface area contributed by atoms with E-state index in [1.807, 2.05) is 4.57 Å². The number of halogens is 1. The van der Waals surface area contributed by atoms with Crippen molar-refractivity contribution in [1.82, 2.24) is 9.55 Å². The number of carbonyl (C=O) groups is 1. The quantitative estimate of drug-likeness (QED) is 0.882. The van der Waals surface area contributed by atoms with Crippen molar-refractivity contribution in [3.05, 3.63) is 46.7 Å². The molecule has 3 rings (SSSR count). The maximum absolute atomic E-state index is 12.3. The zero-order chi connectivity index (χ0) is 15.5. The number of esters is 1. The Balaban J connectivity index is 2.17. The third-order valence-electron chi connectivity index (χ3n) is 3.23. The minimum Gasteiger partial charge on any atom is -0.462 e. The highest BCUT2D eigenvalue weighted by Crippen LogP contribution is 2.20. The normalized spacial score (nSPS) is 13.6. The molecule has 114 valence electrons. The smallest absolute Gasteiger partial charge is 0.345 e. The minimum atomic E-state index is -0.436. The fourth-order valence-corrected chi connectivity index (χ4v) is 2.48. The average molecular weight is 319 g/mol. The van der Waals surface area contributed by atoms with Crippen molar-refractivity contribution >= 4 is 29.1 Å². The van der Waals surface area contributed by atoms with Crippen molar-refractivity contribution in [1.29, 1.82) is 0 Å². The van der Waals surface area contributed by atoms with Gasteiger partial charge in [0.15, 0.2) is 5.49 Å². The van der Waals surface area contributed by atoms with Crippen molar-refractivity contribution in [2.24, 2.45) is 4.99 Å². The van der Waals surface area contributed by atoms with Gasteiger partial charge in [-0.15, -0.1) is 0 Å². The summed E-state index contributed by atoms with van der Waals surface area (Å²) in [6.07, 6.45) is 1.67. The van der Waals surface area contributed by atoms with Crippen LogP contribution in [0, 0.1) is 0 Å². The molecule has 0 atom stereocenters. The van der Waals surface area contributed by atoms with Crippen molar-refractivity contribution in [2.75, 3.05) is 18.5 Å². The molecule has 0 amide bonds. The van der Waals surface area contributed by atoms with E-state index in [4.69, 9.17) is 16.3 Å². The summed E-state index contributed by atoms with van der Waals surface area (Å²) in [5.74, 6) is 0.253. The molecule has 0 spiro atoms. The summed E-state index contributed by atoms with van der Waals surface area (Å²) in [7, 11) is 0. The molecule has 1 aliphatic rings. The van der Waals surface area contributed by atoms with E-state index in [1.165, 1.54) is 0 Å². The highest BCUT2D eigenvalue weighted by atomic mass is 35.5. The van der Waals surface area contributed by atoms with E-state index in [0.29, 0.717) is 34.2 Å². The lowest BCUT2D eigenvalue weighted by Crippen LogP contribution is -2.24. The topological polar surface area (TPSA) is 68.5 Å². The number of anilines is 1. The molecule has 1 aromatic heterocycles. The fraction of sp³-hybridized carbons (Fsp3) is 0.267. The van der Waals surface area contributed by atoms with Gasteiger partial charge < -0.3 is 14.6 Å². The lowest BCUT2D eigenvalue weighted by Gasteiger charge is -2.09. The van der Waals surface area contributed by atoms with Gasteiger partial charge in [-0.1, -0.05) is 17.7 Å². The van der Waals surface area contributed by atoms with Crippen LogP contribution >= 0.6 is 11.6 Å². The van der Waals surface area contributed by atoms with Crippen LogP contribution in [0.4, 0.5) is 11.5 Å². The van der Waals surface area contributed by atoms with Crippen LogP contribution in [0.25, 0.3) is 0 Å². The van der Waals surface area contributed by atoms with Crippen molar-refractivity contribution in [2.45, 2.75) is 13.5 Å².